The minimum atomic E-state index is -0.862. The van der Waals surface area contributed by atoms with Crippen molar-refractivity contribution in [1.82, 2.24) is 4.90 Å². The second-order valence-corrected chi connectivity index (χ2v) is 3.54. The Bertz CT molecular complexity index is 227. The summed E-state index contributed by atoms with van der Waals surface area (Å²) < 4.78 is 0. The van der Waals surface area contributed by atoms with Crippen molar-refractivity contribution in [3.63, 3.8) is 0 Å². The molecule has 13 heavy (non-hydrogen) atoms. The number of hydrogen-bond acceptors (Lipinski definition) is 2. The topological polar surface area (TPSA) is 57.6 Å². The molecule has 1 rings (SSSR count). The summed E-state index contributed by atoms with van der Waals surface area (Å²) in [4.78, 5) is 23.6. The van der Waals surface area contributed by atoms with Gasteiger partial charge in [-0.2, -0.15) is 0 Å². The molecule has 1 saturated heterocycles. The maximum atomic E-state index is 11.4. The summed E-state index contributed by atoms with van der Waals surface area (Å²) in [6.45, 7) is 4.32. The molecule has 1 fully saturated rings. The van der Waals surface area contributed by atoms with Gasteiger partial charge in [-0.05, 0) is 13.3 Å². The van der Waals surface area contributed by atoms with E-state index in [0.717, 1.165) is 6.42 Å². The fourth-order valence-corrected chi connectivity index (χ4v) is 1.54. The van der Waals surface area contributed by atoms with Crippen LogP contribution in [0, 0.1) is 5.92 Å². The summed E-state index contributed by atoms with van der Waals surface area (Å²) >= 11 is 0. The Hall–Kier alpha value is -1.06. The van der Waals surface area contributed by atoms with E-state index in [9.17, 15) is 9.59 Å². The molecule has 1 aliphatic rings. The largest absolute Gasteiger partial charge is 0.481 e. The van der Waals surface area contributed by atoms with Crippen molar-refractivity contribution in [2.45, 2.75) is 32.7 Å². The monoisotopic (exact) mass is 185 g/mol. The molecule has 0 aromatic rings. The number of carbonyl (C=O) groups is 2. The molecule has 4 heteroatoms. The normalized spacial score (nSPS) is 24.9. The Morgan fingerprint density at radius 2 is 2.38 bits per heavy atom. The van der Waals surface area contributed by atoms with Gasteiger partial charge in [-0.15, -0.1) is 0 Å². The maximum absolute atomic E-state index is 11.4. The average molecular weight is 185 g/mol. The van der Waals surface area contributed by atoms with Gasteiger partial charge in [0.1, 0.15) is 0 Å². The van der Waals surface area contributed by atoms with E-state index in [-0.39, 0.29) is 18.4 Å². The fraction of sp³-hybridized carbons (Fsp3) is 0.778. The first kappa shape index (κ1) is 10.0. The molecule has 0 unspecified atom stereocenters. The first-order valence-corrected chi connectivity index (χ1v) is 4.58. The van der Waals surface area contributed by atoms with Crippen LogP contribution in [0.3, 0.4) is 0 Å². The lowest BCUT2D eigenvalue weighted by atomic mass is 10.1. The highest BCUT2D eigenvalue weighted by Gasteiger charge is 2.35. The highest BCUT2D eigenvalue weighted by atomic mass is 16.4. The van der Waals surface area contributed by atoms with Crippen LogP contribution in [-0.2, 0) is 9.59 Å². The number of hydrogen-bond donors (Lipinski definition) is 1. The zero-order valence-corrected chi connectivity index (χ0v) is 7.99. The van der Waals surface area contributed by atoms with Gasteiger partial charge in [0.25, 0.3) is 0 Å². The molecule has 1 aliphatic heterocycles. The summed E-state index contributed by atoms with van der Waals surface area (Å²) in [5.41, 5.74) is 0. The van der Waals surface area contributed by atoms with E-state index in [1.807, 2.05) is 13.8 Å². The Morgan fingerprint density at radius 3 is 2.77 bits per heavy atom. The van der Waals surface area contributed by atoms with Crippen LogP contribution < -0.4 is 0 Å². The van der Waals surface area contributed by atoms with E-state index in [0.29, 0.717) is 6.54 Å². The number of carboxylic acid groups (broad SMARTS) is 1. The zero-order valence-electron chi connectivity index (χ0n) is 7.99. The number of carbonyl (C=O) groups excluding carboxylic acids is 1. The average Bonchev–Trinajstić information content (AvgIpc) is 2.46. The van der Waals surface area contributed by atoms with Crippen LogP contribution in [0.25, 0.3) is 0 Å². The molecule has 0 aromatic heterocycles. The highest BCUT2D eigenvalue weighted by molar-refractivity contribution is 5.86. The molecule has 1 amide bonds. The third kappa shape index (κ3) is 1.99. The lowest BCUT2D eigenvalue weighted by Crippen LogP contribution is -2.34. The van der Waals surface area contributed by atoms with Crippen molar-refractivity contribution in [3.8, 4) is 0 Å². The summed E-state index contributed by atoms with van der Waals surface area (Å²) in [7, 11) is 0. The van der Waals surface area contributed by atoms with Crippen LogP contribution in [0.15, 0.2) is 0 Å². The van der Waals surface area contributed by atoms with Crippen LogP contribution in [0.5, 0.6) is 0 Å². The van der Waals surface area contributed by atoms with Crippen LogP contribution in [-0.4, -0.2) is 34.5 Å². The molecule has 0 saturated carbocycles. The van der Waals surface area contributed by atoms with Crippen molar-refractivity contribution in [2.75, 3.05) is 6.54 Å². The van der Waals surface area contributed by atoms with Crippen LogP contribution in [0.4, 0.5) is 0 Å². The van der Waals surface area contributed by atoms with E-state index >= 15 is 0 Å². The van der Waals surface area contributed by atoms with Crippen LogP contribution in [0.1, 0.15) is 26.7 Å². The molecule has 74 valence electrons. The molecule has 2 atom stereocenters. The number of amides is 1. The molecule has 1 N–H and O–H groups in total. The van der Waals surface area contributed by atoms with Gasteiger partial charge in [0.2, 0.25) is 5.91 Å². The molecule has 0 spiro atoms. The van der Waals surface area contributed by atoms with Gasteiger partial charge >= 0.3 is 5.97 Å². The summed E-state index contributed by atoms with van der Waals surface area (Å²) in [5, 5.41) is 8.72. The number of carboxylic acids is 1. The molecular formula is C9H15NO3. The SMILES string of the molecule is CC[C@@H](C)N1C[C@H](C(=O)O)CC1=O. The van der Waals surface area contributed by atoms with Crippen molar-refractivity contribution in [2.24, 2.45) is 5.92 Å². The van der Waals surface area contributed by atoms with E-state index in [1.54, 1.807) is 4.90 Å². The zero-order chi connectivity index (χ0) is 10.0. The van der Waals surface area contributed by atoms with Gasteiger partial charge in [-0.3, -0.25) is 9.59 Å². The van der Waals surface area contributed by atoms with Crippen molar-refractivity contribution in [3.05, 3.63) is 0 Å². The minimum absolute atomic E-state index is 0.0262. The van der Waals surface area contributed by atoms with Gasteiger partial charge in [-0.1, -0.05) is 6.92 Å². The number of aliphatic carboxylic acids is 1. The lowest BCUT2D eigenvalue weighted by Gasteiger charge is -2.22. The maximum Gasteiger partial charge on any atom is 0.308 e. The predicted octanol–water partition coefficient (Wildman–Crippen LogP) is 0.718. The van der Waals surface area contributed by atoms with E-state index in [2.05, 4.69) is 0 Å². The lowest BCUT2D eigenvalue weighted by molar-refractivity contribution is -0.141. The Balaban J connectivity index is 2.61. The fourth-order valence-electron chi connectivity index (χ4n) is 1.54. The molecule has 0 bridgehead atoms. The second kappa shape index (κ2) is 3.77. The molecule has 1 heterocycles. The Morgan fingerprint density at radius 1 is 1.77 bits per heavy atom. The Labute approximate surface area is 77.5 Å². The predicted molar refractivity (Wildman–Crippen MR) is 47.2 cm³/mol. The van der Waals surface area contributed by atoms with Gasteiger partial charge < -0.3 is 10.0 Å². The molecule has 0 aliphatic carbocycles. The first-order valence-electron chi connectivity index (χ1n) is 4.58. The summed E-state index contributed by atoms with van der Waals surface area (Å²) in [6.07, 6.45) is 1.04. The first-order chi connectivity index (χ1) is 6.06. The Kier molecular flexibility index (Phi) is 2.90. The minimum Gasteiger partial charge on any atom is -0.481 e. The van der Waals surface area contributed by atoms with Crippen molar-refractivity contribution in [1.29, 1.82) is 0 Å². The number of likely N-dealkylation sites (tertiary alicyclic amines) is 1. The number of rotatable bonds is 3. The molecule has 4 nitrogen and oxygen atoms in total. The van der Waals surface area contributed by atoms with E-state index < -0.39 is 11.9 Å². The van der Waals surface area contributed by atoms with Crippen molar-refractivity contribution < 1.29 is 14.7 Å². The second-order valence-electron chi connectivity index (χ2n) is 3.54. The van der Waals surface area contributed by atoms with Crippen molar-refractivity contribution >= 4 is 11.9 Å². The third-order valence-electron chi connectivity index (χ3n) is 2.63. The molecule has 0 radical (unpaired) electrons. The standard InChI is InChI=1S/C9H15NO3/c1-3-6(2)10-5-7(9(12)13)4-8(10)11/h6-7H,3-5H2,1-2H3,(H,12,13)/t6-,7-/m1/s1. The van der Waals surface area contributed by atoms with E-state index in [4.69, 9.17) is 5.11 Å². The highest BCUT2D eigenvalue weighted by Crippen LogP contribution is 2.21. The van der Waals surface area contributed by atoms with Gasteiger partial charge in [-0.25, -0.2) is 0 Å². The summed E-state index contributed by atoms with van der Waals surface area (Å²) in [5.74, 6) is -1.39. The van der Waals surface area contributed by atoms with Gasteiger partial charge in [0, 0.05) is 19.0 Å². The molecular weight excluding hydrogens is 170 g/mol. The van der Waals surface area contributed by atoms with Crippen LogP contribution >= 0.6 is 0 Å². The quantitative estimate of drug-likeness (QED) is 0.704. The van der Waals surface area contributed by atoms with Gasteiger partial charge in [0.15, 0.2) is 0 Å². The van der Waals surface area contributed by atoms with E-state index in [1.165, 1.54) is 0 Å². The van der Waals surface area contributed by atoms with Crippen LogP contribution in [0.2, 0.25) is 0 Å². The summed E-state index contributed by atoms with van der Waals surface area (Å²) in [6, 6.07) is 0.164. The number of nitrogens with zero attached hydrogens (tertiary/aromatic N) is 1. The third-order valence-corrected chi connectivity index (χ3v) is 2.63. The molecule has 0 aromatic carbocycles. The smallest absolute Gasteiger partial charge is 0.308 e. The van der Waals surface area contributed by atoms with Gasteiger partial charge in [0.05, 0.1) is 5.92 Å².